The average Bonchev–Trinajstić information content (AvgIpc) is 2.60. The SMILES string of the molecule is CC(C)CCC(=O)N1CC(n2nncc2I)C1. The Morgan fingerprint density at radius 2 is 2.29 bits per heavy atom. The van der Waals surface area contributed by atoms with Crippen LogP contribution in [0.2, 0.25) is 0 Å². The van der Waals surface area contributed by atoms with Gasteiger partial charge in [-0.3, -0.25) is 4.79 Å². The van der Waals surface area contributed by atoms with Gasteiger partial charge in [-0.25, -0.2) is 4.68 Å². The first-order valence-corrected chi connectivity index (χ1v) is 6.99. The van der Waals surface area contributed by atoms with Crippen molar-refractivity contribution in [3.05, 3.63) is 9.90 Å². The zero-order valence-electron chi connectivity index (χ0n) is 10.1. The molecule has 1 saturated heterocycles. The van der Waals surface area contributed by atoms with Gasteiger partial charge in [0.1, 0.15) is 3.70 Å². The Hall–Kier alpha value is -0.660. The van der Waals surface area contributed by atoms with E-state index < -0.39 is 0 Å². The molecule has 2 rings (SSSR count). The van der Waals surface area contributed by atoms with Gasteiger partial charge in [-0.15, -0.1) is 5.10 Å². The maximum atomic E-state index is 11.8. The van der Waals surface area contributed by atoms with Crippen LogP contribution in [-0.2, 0) is 4.79 Å². The van der Waals surface area contributed by atoms with Crippen LogP contribution >= 0.6 is 22.6 Å². The minimum atomic E-state index is 0.269. The van der Waals surface area contributed by atoms with Crippen molar-refractivity contribution in [1.29, 1.82) is 0 Å². The highest BCUT2D eigenvalue weighted by Crippen LogP contribution is 2.23. The number of halogens is 1. The molecule has 0 unspecified atom stereocenters. The van der Waals surface area contributed by atoms with Crippen LogP contribution in [0.25, 0.3) is 0 Å². The number of hydrogen-bond donors (Lipinski definition) is 0. The summed E-state index contributed by atoms with van der Waals surface area (Å²) in [6.07, 6.45) is 3.38. The molecule has 1 aliphatic heterocycles. The summed E-state index contributed by atoms with van der Waals surface area (Å²) in [5.74, 6) is 0.859. The monoisotopic (exact) mass is 348 g/mol. The van der Waals surface area contributed by atoms with E-state index in [9.17, 15) is 4.79 Å². The maximum Gasteiger partial charge on any atom is 0.222 e. The second-order valence-corrected chi connectivity index (χ2v) is 5.99. The van der Waals surface area contributed by atoms with Crippen molar-refractivity contribution in [3.63, 3.8) is 0 Å². The summed E-state index contributed by atoms with van der Waals surface area (Å²) < 4.78 is 2.93. The van der Waals surface area contributed by atoms with E-state index in [1.807, 2.05) is 9.58 Å². The van der Waals surface area contributed by atoms with Gasteiger partial charge in [0.15, 0.2) is 0 Å². The van der Waals surface area contributed by atoms with E-state index in [1.54, 1.807) is 6.20 Å². The third-order valence-corrected chi connectivity index (χ3v) is 3.80. The number of carbonyl (C=O) groups excluding carboxylic acids is 1. The van der Waals surface area contributed by atoms with Gasteiger partial charge in [0, 0.05) is 19.5 Å². The molecule has 5 nitrogen and oxygen atoms in total. The molecule has 2 heterocycles. The van der Waals surface area contributed by atoms with Gasteiger partial charge in [-0.05, 0) is 34.9 Å². The van der Waals surface area contributed by atoms with Crippen LogP contribution in [0.1, 0.15) is 32.7 Å². The van der Waals surface area contributed by atoms with Gasteiger partial charge < -0.3 is 4.90 Å². The predicted octanol–water partition coefficient (Wildman–Crippen LogP) is 1.70. The molecule has 0 saturated carbocycles. The van der Waals surface area contributed by atoms with Crippen molar-refractivity contribution >= 4 is 28.5 Å². The molecule has 0 radical (unpaired) electrons. The summed E-state index contributed by atoms with van der Waals surface area (Å²) in [5.41, 5.74) is 0. The molecule has 17 heavy (non-hydrogen) atoms. The zero-order valence-corrected chi connectivity index (χ0v) is 12.3. The summed E-state index contributed by atoms with van der Waals surface area (Å²) in [6.45, 7) is 5.83. The fraction of sp³-hybridized carbons (Fsp3) is 0.727. The molecule has 0 atom stereocenters. The second kappa shape index (κ2) is 5.32. The highest BCUT2D eigenvalue weighted by Gasteiger charge is 2.33. The third kappa shape index (κ3) is 2.97. The molecule has 0 bridgehead atoms. The Balaban J connectivity index is 1.79. The van der Waals surface area contributed by atoms with E-state index in [0.717, 1.165) is 23.2 Å². The number of aromatic nitrogens is 3. The van der Waals surface area contributed by atoms with Crippen LogP contribution in [0, 0.1) is 9.62 Å². The molecule has 94 valence electrons. The summed E-state index contributed by atoms with van der Waals surface area (Å²) in [4.78, 5) is 13.7. The lowest BCUT2D eigenvalue weighted by molar-refractivity contribution is -0.137. The topological polar surface area (TPSA) is 51.0 Å². The van der Waals surface area contributed by atoms with Crippen LogP contribution in [0.15, 0.2) is 6.20 Å². The molecule has 1 amide bonds. The first-order chi connectivity index (χ1) is 8.08. The van der Waals surface area contributed by atoms with Crippen molar-refractivity contribution in [3.8, 4) is 0 Å². The molecular weight excluding hydrogens is 331 g/mol. The van der Waals surface area contributed by atoms with Gasteiger partial charge >= 0.3 is 0 Å². The van der Waals surface area contributed by atoms with Crippen molar-refractivity contribution in [1.82, 2.24) is 19.9 Å². The first kappa shape index (κ1) is 12.8. The maximum absolute atomic E-state index is 11.8. The van der Waals surface area contributed by atoms with E-state index in [-0.39, 0.29) is 5.91 Å². The van der Waals surface area contributed by atoms with E-state index in [0.29, 0.717) is 18.4 Å². The molecule has 1 aromatic rings. The lowest BCUT2D eigenvalue weighted by Gasteiger charge is -2.39. The third-order valence-electron chi connectivity index (χ3n) is 3.03. The van der Waals surface area contributed by atoms with Gasteiger partial charge in [0.05, 0.1) is 12.2 Å². The van der Waals surface area contributed by atoms with Crippen LogP contribution in [0.5, 0.6) is 0 Å². The van der Waals surface area contributed by atoms with Gasteiger partial charge in [-0.2, -0.15) is 0 Å². The van der Waals surface area contributed by atoms with E-state index in [2.05, 4.69) is 46.8 Å². The number of carbonyl (C=O) groups is 1. The molecule has 0 N–H and O–H groups in total. The number of likely N-dealkylation sites (tertiary alicyclic amines) is 1. The summed E-state index contributed by atoms with van der Waals surface area (Å²) in [6, 6.07) is 0.312. The Bertz CT molecular complexity index is 398. The Morgan fingerprint density at radius 3 is 2.82 bits per heavy atom. The molecule has 1 fully saturated rings. The fourth-order valence-electron chi connectivity index (χ4n) is 1.86. The Kier molecular flexibility index (Phi) is 4.01. The van der Waals surface area contributed by atoms with Crippen LogP contribution in [0.3, 0.4) is 0 Å². The van der Waals surface area contributed by atoms with Crippen molar-refractivity contribution in [2.24, 2.45) is 5.92 Å². The Morgan fingerprint density at radius 1 is 1.59 bits per heavy atom. The lowest BCUT2D eigenvalue weighted by Crippen LogP contribution is -2.51. The summed E-state index contributed by atoms with van der Waals surface area (Å²) >= 11 is 2.21. The predicted molar refractivity (Wildman–Crippen MR) is 72.4 cm³/mol. The molecule has 1 aliphatic rings. The summed E-state index contributed by atoms with van der Waals surface area (Å²) in [5, 5.41) is 7.88. The van der Waals surface area contributed by atoms with Crippen LogP contribution in [0.4, 0.5) is 0 Å². The number of nitrogens with zero attached hydrogens (tertiary/aromatic N) is 4. The summed E-state index contributed by atoms with van der Waals surface area (Å²) in [7, 11) is 0. The number of rotatable bonds is 4. The van der Waals surface area contributed by atoms with Crippen molar-refractivity contribution < 1.29 is 4.79 Å². The van der Waals surface area contributed by atoms with Crippen molar-refractivity contribution in [2.45, 2.75) is 32.7 Å². The fourth-order valence-corrected chi connectivity index (χ4v) is 2.48. The quantitative estimate of drug-likeness (QED) is 0.779. The van der Waals surface area contributed by atoms with E-state index in [4.69, 9.17) is 0 Å². The minimum Gasteiger partial charge on any atom is -0.338 e. The van der Waals surface area contributed by atoms with Crippen molar-refractivity contribution in [2.75, 3.05) is 13.1 Å². The highest BCUT2D eigenvalue weighted by atomic mass is 127. The molecule has 0 aliphatic carbocycles. The largest absolute Gasteiger partial charge is 0.338 e. The standard InChI is InChI=1S/C11H17IN4O/c1-8(2)3-4-11(17)15-6-9(7-15)16-10(12)5-13-14-16/h5,8-9H,3-4,6-7H2,1-2H3. The normalized spacial score (nSPS) is 16.4. The lowest BCUT2D eigenvalue weighted by atomic mass is 10.0. The van der Waals surface area contributed by atoms with Gasteiger partial charge in [0.2, 0.25) is 5.91 Å². The molecule has 0 aromatic carbocycles. The molecular formula is C11H17IN4O. The highest BCUT2D eigenvalue weighted by molar-refractivity contribution is 14.1. The first-order valence-electron chi connectivity index (χ1n) is 5.91. The smallest absolute Gasteiger partial charge is 0.222 e. The van der Waals surface area contributed by atoms with Crippen LogP contribution < -0.4 is 0 Å². The minimum absolute atomic E-state index is 0.269. The molecule has 0 spiro atoms. The van der Waals surface area contributed by atoms with Crippen LogP contribution in [-0.4, -0.2) is 38.9 Å². The van der Waals surface area contributed by atoms with E-state index >= 15 is 0 Å². The van der Waals surface area contributed by atoms with Gasteiger partial charge in [0.25, 0.3) is 0 Å². The Labute approximate surface area is 115 Å². The average molecular weight is 348 g/mol. The molecule has 1 aromatic heterocycles. The second-order valence-electron chi connectivity index (χ2n) is 4.89. The van der Waals surface area contributed by atoms with Gasteiger partial charge in [-0.1, -0.05) is 19.1 Å². The zero-order chi connectivity index (χ0) is 12.4. The van der Waals surface area contributed by atoms with E-state index in [1.165, 1.54) is 0 Å². The molecule has 6 heteroatoms. The number of amides is 1. The number of hydrogen-bond acceptors (Lipinski definition) is 3.